The van der Waals surface area contributed by atoms with Crippen LogP contribution >= 0.6 is 11.7 Å². The fraction of sp³-hybridized carbons (Fsp3) is 0.800. The van der Waals surface area contributed by atoms with Crippen LogP contribution in [0.5, 0.6) is 5.88 Å². The molecule has 1 aromatic rings. The van der Waals surface area contributed by atoms with Crippen molar-refractivity contribution in [2.24, 2.45) is 0 Å². The highest BCUT2D eigenvalue weighted by Gasteiger charge is 2.42. The van der Waals surface area contributed by atoms with Crippen molar-refractivity contribution >= 4 is 23.3 Å². The Morgan fingerprint density at radius 2 is 1.43 bits per heavy atom. The molecule has 2 heterocycles. The number of hydrogen-bond donors (Lipinski definition) is 0. The summed E-state index contributed by atoms with van der Waals surface area (Å²) < 4.78 is 22.1. The molecule has 6 nitrogen and oxygen atoms in total. The lowest BCUT2D eigenvalue weighted by Crippen LogP contribution is -2.57. The van der Waals surface area contributed by atoms with Crippen LogP contribution < -0.4 is 4.74 Å². The minimum Gasteiger partial charge on any atom is -0.475 e. The van der Waals surface area contributed by atoms with Gasteiger partial charge in [0.15, 0.2) is 0 Å². The molecule has 0 N–H and O–H groups in total. The fourth-order valence-electron chi connectivity index (χ4n) is 6.22. The van der Waals surface area contributed by atoms with Crippen molar-refractivity contribution in [2.45, 2.75) is 155 Å². The molecule has 2 atom stereocenters. The first kappa shape index (κ1) is 34.8. The topological polar surface area (TPSA) is 61.3 Å². The normalized spacial score (nSPS) is 19.1. The number of esters is 1. The first-order chi connectivity index (χ1) is 20.6. The van der Waals surface area contributed by atoms with E-state index in [2.05, 4.69) is 41.8 Å². The summed E-state index contributed by atoms with van der Waals surface area (Å²) in [7, 11) is 2.24. The van der Waals surface area contributed by atoms with Crippen molar-refractivity contribution in [3.05, 3.63) is 23.4 Å². The molecule has 3 rings (SSSR count). The average molecular weight is 603 g/mol. The molecule has 7 heteroatoms. The average Bonchev–Trinajstić information content (AvgIpc) is 3.43. The molecule has 1 unspecified atom stereocenters. The van der Waals surface area contributed by atoms with Gasteiger partial charge in [0.25, 0.3) is 12.1 Å². The van der Waals surface area contributed by atoms with Gasteiger partial charge in [-0.25, -0.2) is 0 Å². The smallest absolute Gasteiger partial charge is 0.310 e. The van der Waals surface area contributed by atoms with E-state index >= 15 is 0 Å². The summed E-state index contributed by atoms with van der Waals surface area (Å²) in [5, 5.41) is 0. The third-order valence-corrected chi connectivity index (χ3v) is 9.52. The number of quaternary nitrogens is 1. The molecule has 238 valence electrons. The number of rotatable bonds is 24. The highest BCUT2D eigenvalue weighted by molar-refractivity contribution is 6.99. The van der Waals surface area contributed by atoms with Crippen LogP contribution in [-0.2, 0) is 9.53 Å². The number of hydrogen-bond acceptors (Lipinski definition) is 6. The van der Waals surface area contributed by atoms with Crippen LogP contribution in [-0.4, -0.2) is 52.2 Å². The van der Waals surface area contributed by atoms with E-state index in [0.717, 1.165) is 57.3 Å². The van der Waals surface area contributed by atoms with Crippen LogP contribution in [0.25, 0.3) is 5.57 Å². The van der Waals surface area contributed by atoms with Crippen molar-refractivity contribution in [3.8, 4) is 5.88 Å². The number of nitrogens with zero attached hydrogens (tertiary/aromatic N) is 3. The van der Waals surface area contributed by atoms with Gasteiger partial charge in [0, 0.05) is 24.0 Å². The molecular formula is C35H60N3O3S+. The summed E-state index contributed by atoms with van der Waals surface area (Å²) in [6.45, 7) is 6.90. The summed E-state index contributed by atoms with van der Waals surface area (Å²) in [4.78, 5) is 13.0. The summed E-state index contributed by atoms with van der Waals surface area (Å²) >= 11 is 1.22. The second-order valence-electron chi connectivity index (χ2n) is 12.9. The summed E-state index contributed by atoms with van der Waals surface area (Å²) in [5.74, 6) is 0.618. The van der Waals surface area contributed by atoms with E-state index in [1.54, 1.807) is 0 Å². The number of allylic oxidation sites excluding steroid dienone is 1. The maximum Gasteiger partial charge on any atom is 0.310 e. The molecule has 0 fully saturated rings. The van der Waals surface area contributed by atoms with Crippen LogP contribution in [0, 0.1) is 0 Å². The zero-order chi connectivity index (χ0) is 29.9. The number of carbonyl (C=O) groups excluding carboxylic acids is 1. The first-order valence-electron chi connectivity index (χ1n) is 17.4. The molecule has 0 aromatic carbocycles. The standard InChI is InChI=1S/C35H60N3O3S/c1-4-6-8-10-11-12-13-14-15-16-17-18-19-26-32(39)41-35(30-23-21-24-30)38(3)27-22-25-31(29-38)33-34(37-42-36-33)40-28-20-9-7-5-2/h23,25,35H,4-22,24,26-29H2,1-3H3/q+1/t35-,38?/m1/s1. The Kier molecular flexibility index (Phi) is 16.8. The van der Waals surface area contributed by atoms with Gasteiger partial charge in [-0.15, -0.1) is 4.37 Å². The molecule has 1 aliphatic carbocycles. The Morgan fingerprint density at radius 3 is 2.02 bits per heavy atom. The van der Waals surface area contributed by atoms with Crippen LogP contribution in [0.2, 0.25) is 0 Å². The predicted molar refractivity (Wildman–Crippen MR) is 176 cm³/mol. The lowest BCUT2D eigenvalue weighted by atomic mass is 9.93. The van der Waals surface area contributed by atoms with Gasteiger partial charge >= 0.3 is 5.97 Å². The highest BCUT2D eigenvalue weighted by Crippen LogP contribution is 2.36. The third kappa shape index (κ3) is 12.1. The van der Waals surface area contributed by atoms with Gasteiger partial charge in [-0.1, -0.05) is 122 Å². The first-order valence-corrected chi connectivity index (χ1v) is 18.2. The molecule has 0 saturated carbocycles. The number of aromatic nitrogens is 2. The monoisotopic (exact) mass is 602 g/mol. The Bertz CT molecular complexity index is 959. The molecule has 2 aliphatic rings. The Balaban J connectivity index is 1.39. The lowest BCUT2D eigenvalue weighted by Gasteiger charge is -2.44. The third-order valence-electron chi connectivity index (χ3n) is 9.01. The molecule has 0 radical (unpaired) electrons. The van der Waals surface area contributed by atoms with Gasteiger partial charge in [-0.2, -0.15) is 4.37 Å². The van der Waals surface area contributed by atoms with Crippen molar-refractivity contribution in [3.63, 3.8) is 0 Å². The number of ether oxygens (including phenoxy) is 2. The van der Waals surface area contributed by atoms with Crippen LogP contribution in [0.3, 0.4) is 0 Å². The van der Waals surface area contributed by atoms with Crippen molar-refractivity contribution in [1.29, 1.82) is 0 Å². The Morgan fingerprint density at radius 1 is 0.833 bits per heavy atom. The summed E-state index contributed by atoms with van der Waals surface area (Å²) in [5.41, 5.74) is 3.32. The lowest BCUT2D eigenvalue weighted by molar-refractivity contribution is -0.941. The van der Waals surface area contributed by atoms with E-state index in [0.29, 0.717) is 23.4 Å². The Labute approximate surface area is 261 Å². The van der Waals surface area contributed by atoms with Crippen LogP contribution in [0.4, 0.5) is 0 Å². The number of carbonyl (C=O) groups is 1. The largest absolute Gasteiger partial charge is 0.475 e. The molecule has 1 aliphatic heterocycles. The quantitative estimate of drug-likeness (QED) is 0.0510. The van der Waals surface area contributed by atoms with E-state index in [1.807, 2.05) is 0 Å². The molecule has 0 bridgehead atoms. The maximum absolute atomic E-state index is 13.0. The van der Waals surface area contributed by atoms with E-state index < -0.39 is 0 Å². The Hall–Kier alpha value is -1.73. The number of unbranched alkanes of at least 4 members (excludes halogenated alkanes) is 15. The van der Waals surface area contributed by atoms with E-state index in [4.69, 9.17) is 9.47 Å². The van der Waals surface area contributed by atoms with Gasteiger partial charge in [0.05, 0.1) is 31.9 Å². The molecule has 0 saturated heterocycles. The van der Waals surface area contributed by atoms with Crippen molar-refractivity contribution in [1.82, 2.24) is 8.75 Å². The summed E-state index contributed by atoms with van der Waals surface area (Å²) in [6.07, 6.45) is 29.6. The highest BCUT2D eigenvalue weighted by atomic mass is 32.1. The molecule has 42 heavy (non-hydrogen) atoms. The maximum atomic E-state index is 13.0. The van der Waals surface area contributed by atoms with E-state index in [1.165, 1.54) is 113 Å². The van der Waals surface area contributed by atoms with Gasteiger partial charge in [-0.3, -0.25) is 9.28 Å². The second kappa shape index (κ2) is 20.3. The van der Waals surface area contributed by atoms with Gasteiger partial charge in [0.2, 0.25) is 0 Å². The minimum absolute atomic E-state index is 0.0437. The van der Waals surface area contributed by atoms with Crippen molar-refractivity contribution < 1.29 is 18.8 Å². The van der Waals surface area contributed by atoms with Gasteiger partial charge < -0.3 is 9.47 Å². The van der Waals surface area contributed by atoms with Gasteiger partial charge in [-0.05, 0) is 25.7 Å². The van der Waals surface area contributed by atoms with E-state index in [-0.39, 0.29) is 12.2 Å². The summed E-state index contributed by atoms with van der Waals surface area (Å²) in [6, 6.07) is 0. The fourth-order valence-corrected chi connectivity index (χ4v) is 6.75. The van der Waals surface area contributed by atoms with E-state index in [9.17, 15) is 4.79 Å². The zero-order valence-electron chi connectivity index (χ0n) is 27.2. The zero-order valence-corrected chi connectivity index (χ0v) is 28.0. The minimum atomic E-state index is -0.207. The molecule has 1 aromatic heterocycles. The molecule has 0 spiro atoms. The second-order valence-corrected chi connectivity index (χ2v) is 13.4. The van der Waals surface area contributed by atoms with Crippen LogP contribution in [0.15, 0.2) is 17.7 Å². The molecular weight excluding hydrogens is 542 g/mol. The molecule has 0 amide bonds. The number of likely N-dealkylation sites (N-methyl/N-ethyl adjacent to an activating group) is 1. The SMILES string of the molecule is CCCCCCCCCCCCCCCC(=O)O[C@H](C1=CCC1)[N+]1(C)CCC=C(c2nsnc2OCCCCCC)C1. The van der Waals surface area contributed by atoms with Gasteiger partial charge in [0.1, 0.15) is 12.2 Å². The van der Waals surface area contributed by atoms with Crippen LogP contribution in [0.1, 0.15) is 154 Å². The predicted octanol–water partition coefficient (Wildman–Crippen LogP) is 9.80. The van der Waals surface area contributed by atoms with Crippen molar-refractivity contribution in [2.75, 3.05) is 26.7 Å².